The molecule has 0 aliphatic heterocycles. The van der Waals surface area contributed by atoms with Crippen LogP contribution in [0.3, 0.4) is 0 Å². The monoisotopic (exact) mass is 272 g/mol. The Morgan fingerprint density at radius 1 is 0.950 bits per heavy atom. The second-order valence-electron chi connectivity index (χ2n) is 9.69. The Bertz CT molecular complexity index is 441. The van der Waals surface area contributed by atoms with Crippen LogP contribution < -0.4 is 0 Å². The van der Waals surface area contributed by atoms with Crippen molar-refractivity contribution in [2.24, 2.45) is 39.9 Å². The lowest BCUT2D eigenvalue weighted by Gasteiger charge is -2.62. The van der Waals surface area contributed by atoms with E-state index in [2.05, 4.69) is 39.8 Å². The first-order valence-electron chi connectivity index (χ1n) is 9.05. The van der Waals surface area contributed by atoms with Gasteiger partial charge in [0.25, 0.3) is 0 Å². The number of hydrogen-bond donors (Lipinski definition) is 0. The minimum Gasteiger partial charge on any atom is -0.0874 e. The average molecular weight is 272 g/mol. The minimum atomic E-state index is 0.495. The van der Waals surface area contributed by atoms with E-state index in [1.54, 1.807) is 12.8 Å². The highest BCUT2D eigenvalue weighted by atomic mass is 14.7. The first kappa shape index (κ1) is 13.4. The zero-order valence-electron chi connectivity index (χ0n) is 13.9. The SMILES string of the molecule is C[C@H]1CC23CC[C@@H]4C(C)(C)CC=C[C@@]4(C)[C@@H]2CC[C@H]1C3. The van der Waals surface area contributed by atoms with E-state index in [9.17, 15) is 0 Å². The van der Waals surface area contributed by atoms with E-state index in [0.29, 0.717) is 10.8 Å². The van der Waals surface area contributed by atoms with Crippen molar-refractivity contribution in [1.29, 1.82) is 0 Å². The maximum absolute atomic E-state index is 2.66. The van der Waals surface area contributed by atoms with Crippen molar-refractivity contribution in [3.63, 3.8) is 0 Å². The maximum atomic E-state index is 2.66. The number of hydrogen-bond acceptors (Lipinski definition) is 0. The predicted molar refractivity (Wildman–Crippen MR) is 85.4 cm³/mol. The molecule has 0 N–H and O–H groups in total. The summed E-state index contributed by atoms with van der Waals surface area (Å²) in [7, 11) is 0. The Hall–Kier alpha value is -0.260. The molecule has 112 valence electrons. The molecule has 20 heavy (non-hydrogen) atoms. The molecule has 0 saturated heterocycles. The fraction of sp³-hybridized carbons (Fsp3) is 0.900. The van der Waals surface area contributed by atoms with Gasteiger partial charge in [0.05, 0.1) is 0 Å². The van der Waals surface area contributed by atoms with Gasteiger partial charge in [-0.15, -0.1) is 0 Å². The Kier molecular flexibility index (Phi) is 2.63. The molecule has 2 bridgehead atoms. The number of rotatable bonds is 0. The van der Waals surface area contributed by atoms with Crippen LogP contribution in [0.4, 0.5) is 0 Å². The van der Waals surface area contributed by atoms with E-state index in [4.69, 9.17) is 0 Å². The highest BCUT2D eigenvalue weighted by Gasteiger charge is 2.62. The van der Waals surface area contributed by atoms with E-state index in [0.717, 1.165) is 29.1 Å². The fourth-order valence-corrected chi connectivity index (χ4v) is 7.53. The summed E-state index contributed by atoms with van der Waals surface area (Å²) in [6.45, 7) is 10.2. The molecule has 1 unspecified atom stereocenters. The molecular weight excluding hydrogens is 240 g/mol. The van der Waals surface area contributed by atoms with Crippen molar-refractivity contribution >= 4 is 0 Å². The Labute approximate surface area is 125 Å². The van der Waals surface area contributed by atoms with Crippen molar-refractivity contribution in [3.8, 4) is 0 Å². The number of fused-ring (bicyclic) bond motifs is 3. The first-order valence-corrected chi connectivity index (χ1v) is 9.05. The molecule has 0 radical (unpaired) electrons. The van der Waals surface area contributed by atoms with E-state index in [-0.39, 0.29) is 0 Å². The predicted octanol–water partition coefficient (Wildman–Crippen LogP) is 5.83. The zero-order chi connectivity index (χ0) is 14.2. The van der Waals surface area contributed by atoms with E-state index >= 15 is 0 Å². The Morgan fingerprint density at radius 3 is 2.55 bits per heavy atom. The highest BCUT2D eigenvalue weighted by Crippen LogP contribution is 2.71. The van der Waals surface area contributed by atoms with Crippen LogP contribution in [0, 0.1) is 39.9 Å². The first-order chi connectivity index (χ1) is 9.37. The minimum absolute atomic E-state index is 0.495. The standard InChI is InChI=1S/C20H32/c1-14-12-20-11-8-16-18(2,3)9-5-10-19(16,4)17(20)7-6-15(14)13-20/h5,10,14-17H,6-9,11-13H2,1-4H3/t14-,15-,16+,17-,19+,20?/m0/s1. The topological polar surface area (TPSA) is 0 Å². The van der Waals surface area contributed by atoms with Crippen molar-refractivity contribution < 1.29 is 0 Å². The van der Waals surface area contributed by atoms with Gasteiger partial charge in [-0.3, -0.25) is 0 Å². The van der Waals surface area contributed by atoms with Gasteiger partial charge in [0.1, 0.15) is 0 Å². The van der Waals surface area contributed by atoms with Gasteiger partial charge in [0.15, 0.2) is 0 Å². The highest BCUT2D eigenvalue weighted by molar-refractivity contribution is 5.20. The molecule has 4 aliphatic carbocycles. The molecular formula is C20H32. The maximum Gasteiger partial charge on any atom is -0.00796 e. The molecule has 3 fully saturated rings. The summed E-state index contributed by atoms with van der Waals surface area (Å²) in [4.78, 5) is 0. The smallest absolute Gasteiger partial charge is 0.00796 e. The molecule has 3 saturated carbocycles. The molecule has 0 amide bonds. The van der Waals surface area contributed by atoms with Gasteiger partial charge in [-0.1, -0.05) is 39.8 Å². The molecule has 0 nitrogen and oxygen atoms in total. The van der Waals surface area contributed by atoms with Gasteiger partial charge in [0, 0.05) is 0 Å². The second kappa shape index (κ2) is 3.93. The molecule has 0 heterocycles. The van der Waals surface area contributed by atoms with E-state index in [1.807, 2.05) is 0 Å². The summed E-state index contributed by atoms with van der Waals surface area (Å²) in [6.07, 6.45) is 15.7. The van der Waals surface area contributed by atoms with Gasteiger partial charge < -0.3 is 0 Å². The van der Waals surface area contributed by atoms with Crippen LogP contribution in [0.15, 0.2) is 12.2 Å². The second-order valence-corrected chi connectivity index (χ2v) is 9.69. The van der Waals surface area contributed by atoms with Crippen LogP contribution in [0.5, 0.6) is 0 Å². The van der Waals surface area contributed by atoms with Crippen molar-refractivity contribution in [2.75, 3.05) is 0 Å². The van der Waals surface area contributed by atoms with Gasteiger partial charge in [-0.2, -0.15) is 0 Å². The molecule has 0 aromatic carbocycles. The van der Waals surface area contributed by atoms with Gasteiger partial charge in [-0.05, 0) is 84.9 Å². The Balaban J connectivity index is 1.76. The molecule has 0 aromatic rings. The quantitative estimate of drug-likeness (QED) is 0.487. The molecule has 0 aromatic heterocycles. The summed E-state index contributed by atoms with van der Waals surface area (Å²) in [5, 5.41) is 0. The average Bonchev–Trinajstić information content (AvgIpc) is 2.58. The molecule has 1 spiro atoms. The van der Waals surface area contributed by atoms with Gasteiger partial charge in [0.2, 0.25) is 0 Å². The third-order valence-electron chi connectivity index (χ3n) is 8.26. The third kappa shape index (κ3) is 1.54. The normalized spacial score (nSPS) is 56.2. The summed E-state index contributed by atoms with van der Waals surface area (Å²) >= 11 is 0. The molecule has 4 aliphatic rings. The lowest BCUT2D eigenvalue weighted by molar-refractivity contribution is -0.0980. The summed E-state index contributed by atoms with van der Waals surface area (Å²) < 4.78 is 0. The lowest BCUT2D eigenvalue weighted by atomic mass is 9.43. The van der Waals surface area contributed by atoms with E-state index < -0.39 is 0 Å². The van der Waals surface area contributed by atoms with Crippen LogP contribution in [0.25, 0.3) is 0 Å². The third-order valence-corrected chi connectivity index (χ3v) is 8.26. The van der Waals surface area contributed by atoms with E-state index in [1.165, 1.54) is 32.1 Å². The molecule has 0 heteroatoms. The van der Waals surface area contributed by atoms with Crippen molar-refractivity contribution in [3.05, 3.63) is 12.2 Å². The summed E-state index contributed by atoms with van der Waals surface area (Å²) in [5.41, 5.74) is 1.74. The summed E-state index contributed by atoms with van der Waals surface area (Å²) in [5.74, 6) is 3.96. The number of allylic oxidation sites excluding steroid dienone is 2. The largest absolute Gasteiger partial charge is 0.0874 e. The van der Waals surface area contributed by atoms with Crippen LogP contribution >= 0.6 is 0 Å². The molecule has 6 atom stereocenters. The van der Waals surface area contributed by atoms with Crippen molar-refractivity contribution in [1.82, 2.24) is 0 Å². The van der Waals surface area contributed by atoms with Crippen molar-refractivity contribution in [2.45, 2.75) is 72.6 Å². The van der Waals surface area contributed by atoms with Gasteiger partial charge >= 0.3 is 0 Å². The summed E-state index contributed by atoms with van der Waals surface area (Å²) in [6, 6.07) is 0. The van der Waals surface area contributed by atoms with Gasteiger partial charge in [-0.25, -0.2) is 0 Å². The lowest BCUT2D eigenvalue weighted by Crippen LogP contribution is -2.54. The van der Waals surface area contributed by atoms with Crippen LogP contribution in [-0.2, 0) is 0 Å². The fourth-order valence-electron chi connectivity index (χ4n) is 7.53. The van der Waals surface area contributed by atoms with Crippen LogP contribution in [-0.4, -0.2) is 0 Å². The van der Waals surface area contributed by atoms with Crippen LogP contribution in [0.1, 0.15) is 72.6 Å². The zero-order valence-corrected chi connectivity index (χ0v) is 13.9. The Morgan fingerprint density at radius 2 is 1.75 bits per heavy atom. The molecule has 4 rings (SSSR count). The van der Waals surface area contributed by atoms with Crippen LogP contribution in [0.2, 0.25) is 0 Å².